The highest BCUT2D eigenvalue weighted by molar-refractivity contribution is 6.01. The summed E-state index contributed by atoms with van der Waals surface area (Å²) >= 11 is 0. The van der Waals surface area contributed by atoms with Gasteiger partial charge in [0.1, 0.15) is 6.10 Å². The number of rotatable bonds is 8. The maximum absolute atomic E-state index is 13.4. The van der Waals surface area contributed by atoms with Crippen molar-refractivity contribution in [3.8, 4) is 5.75 Å². The topological polar surface area (TPSA) is 94.1 Å². The molecule has 8 heteroatoms. The highest BCUT2D eigenvalue weighted by Crippen LogP contribution is 2.35. The lowest BCUT2D eigenvalue weighted by molar-refractivity contribution is 0.0346. The molecule has 0 aromatic heterocycles. The monoisotopic (exact) mass is 446 g/mol. The molecule has 0 saturated heterocycles. The van der Waals surface area contributed by atoms with Gasteiger partial charge in [-0.25, -0.2) is 4.79 Å². The van der Waals surface area contributed by atoms with E-state index in [1.54, 1.807) is 23.1 Å². The van der Waals surface area contributed by atoms with Crippen molar-refractivity contribution in [2.75, 3.05) is 38.6 Å². The molecule has 1 aromatic carbocycles. The maximum atomic E-state index is 13.4. The number of nitrogens with one attached hydrogen (secondary N) is 2. The summed E-state index contributed by atoms with van der Waals surface area (Å²) in [4.78, 5) is 29.8. The quantitative estimate of drug-likeness (QED) is 0.571. The number of amides is 3. The molecule has 8 nitrogen and oxygen atoms in total. The van der Waals surface area contributed by atoms with Crippen LogP contribution in [-0.2, 0) is 0 Å². The molecule has 0 spiro atoms. The Balaban J connectivity index is 1.94. The zero-order valence-corrected chi connectivity index (χ0v) is 19.9. The van der Waals surface area contributed by atoms with E-state index in [0.29, 0.717) is 23.5 Å². The Kier molecular flexibility index (Phi) is 8.00. The van der Waals surface area contributed by atoms with Gasteiger partial charge in [-0.1, -0.05) is 13.0 Å². The Morgan fingerprint density at radius 2 is 2.00 bits per heavy atom. The zero-order valence-electron chi connectivity index (χ0n) is 19.9. The van der Waals surface area contributed by atoms with E-state index in [4.69, 9.17) is 4.74 Å². The van der Waals surface area contributed by atoms with Crippen LogP contribution in [0, 0.1) is 11.8 Å². The van der Waals surface area contributed by atoms with Crippen LogP contribution >= 0.6 is 0 Å². The Labute approximate surface area is 191 Å². The van der Waals surface area contributed by atoms with Gasteiger partial charge in [0, 0.05) is 31.6 Å². The van der Waals surface area contributed by atoms with Gasteiger partial charge in [0.05, 0.1) is 23.9 Å². The molecule has 3 amide bonds. The summed E-state index contributed by atoms with van der Waals surface area (Å²) < 4.78 is 6.50. The summed E-state index contributed by atoms with van der Waals surface area (Å²) in [5, 5.41) is 15.4. The molecule has 1 aliphatic heterocycles. The van der Waals surface area contributed by atoms with Crippen molar-refractivity contribution in [1.29, 1.82) is 0 Å². The number of carbonyl (C=O) groups excluding carboxylic acids is 2. The number of ether oxygens (including phenoxy) is 1. The molecule has 0 unspecified atom stereocenters. The second kappa shape index (κ2) is 10.5. The molecular formula is C24H38N4O4. The molecular weight excluding hydrogens is 408 g/mol. The number of nitrogens with zero attached hydrogens (tertiary/aromatic N) is 2. The Morgan fingerprint density at radius 3 is 2.62 bits per heavy atom. The molecule has 3 atom stereocenters. The smallest absolute Gasteiger partial charge is 0.319 e. The van der Waals surface area contributed by atoms with Crippen molar-refractivity contribution in [2.45, 2.75) is 58.7 Å². The van der Waals surface area contributed by atoms with Crippen LogP contribution in [0.3, 0.4) is 0 Å². The first kappa shape index (κ1) is 24.3. The molecule has 1 saturated carbocycles. The Hall–Kier alpha value is -2.32. The van der Waals surface area contributed by atoms with Crippen LogP contribution in [0.5, 0.6) is 5.75 Å². The number of fused-ring (bicyclic) bond motifs is 1. The lowest BCUT2D eigenvalue weighted by atomic mass is 9.99. The molecule has 178 valence electrons. The number of anilines is 1. The summed E-state index contributed by atoms with van der Waals surface area (Å²) in [7, 11) is 2.10. The van der Waals surface area contributed by atoms with Crippen molar-refractivity contribution in [1.82, 2.24) is 15.1 Å². The lowest BCUT2D eigenvalue weighted by Gasteiger charge is -2.38. The average Bonchev–Trinajstić information content (AvgIpc) is 3.53. The summed E-state index contributed by atoms with van der Waals surface area (Å²) in [6.45, 7) is 9.83. The van der Waals surface area contributed by atoms with Crippen LogP contribution in [0.15, 0.2) is 18.2 Å². The molecule has 1 fully saturated rings. The predicted octanol–water partition coefficient (Wildman–Crippen LogP) is 2.78. The predicted molar refractivity (Wildman–Crippen MR) is 125 cm³/mol. The minimum Gasteiger partial charge on any atom is -0.486 e. The summed E-state index contributed by atoms with van der Waals surface area (Å²) in [6, 6.07) is 4.54. The van der Waals surface area contributed by atoms with E-state index in [0.717, 1.165) is 19.0 Å². The van der Waals surface area contributed by atoms with Crippen molar-refractivity contribution < 1.29 is 19.4 Å². The van der Waals surface area contributed by atoms with Gasteiger partial charge in [0.15, 0.2) is 5.75 Å². The van der Waals surface area contributed by atoms with E-state index in [9.17, 15) is 14.7 Å². The second-order valence-electron chi connectivity index (χ2n) is 9.72. The number of aliphatic hydroxyl groups is 1. The van der Waals surface area contributed by atoms with Crippen LogP contribution in [0.4, 0.5) is 10.5 Å². The van der Waals surface area contributed by atoms with E-state index in [1.807, 2.05) is 20.8 Å². The Bertz CT molecular complexity index is 811. The first-order chi connectivity index (χ1) is 15.2. The molecule has 3 N–H and O–H groups in total. The first-order valence-corrected chi connectivity index (χ1v) is 11.7. The van der Waals surface area contributed by atoms with E-state index in [2.05, 4.69) is 29.5 Å². The standard InChI is InChI=1S/C24H38N4O4/c1-15(2)25-24(31)26-20-8-6-7-19-22(20)32-21(13-27(5)12-18-9-10-18)16(3)11-28(23(19)30)17(4)14-29/h6-8,15-18,21,29H,9-14H2,1-5H3,(H2,25,26,31)/t16-,17-,21+/m1/s1. The van der Waals surface area contributed by atoms with E-state index in [1.165, 1.54) is 12.8 Å². The van der Waals surface area contributed by atoms with Gasteiger partial charge < -0.3 is 30.3 Å². The van der Waals surface area contributed by atoms with E-state index >= 15 is 0 Å². The van der Waals surface area contributed by atoms with Crippen molar-refractivity contribution >= 4 is 17.6 Å². The fraction of sp³-hybridized carbons (Fsp3) is 0.667. The summed E-state index contributed by atoms with van der Waals surface area (Å²) in [5.74, 6) is 0.995. The highest BCUT2D eigenvalue weighted by atomic mass is 16.5. The highest BCUT2D eigenvalue weighted by Gasteiger charge is 2.35. The minimum absolute atomic E-state index is 0.0205. The maximum Gasteiger partial charge on any atom is 0.319 e. The van der Waals surface area contributed by atoms with Crippen LogP contribution in [0.1, 0.15) is 50.9 Å². The number of aliphatic hydroxyl groups excluding tert-OH is 1. The number of urea groups is 1. The van der Waals surface area contributed by atoms with Gasteiger partial charge >= 0.3 is 6.03 Å². The van der Waals surface area contributed by atoms with Crippen molar-refractivity contribution in [3.63, 3.8) is 0 Å². The zero-order chi connectivity index (χ0) is 23.4. The van der Waals surface area contributed by atoms with Gasteiger partial charge in [-0.05, 0) is 58.7 Å². The van der Waals surface area contributed by atoms with E-state index < -0.39 is 0 Å². The Morgan fingerprint density at radius 1 is 1.28 bits per heavy atom. The molecule has 32 heavy (non-hydrogen) atoms. The van der Waals surface area contributed by atoms with Crippen LogP contribution in [0.25, 0.3) is 0 Å². The minimum atomic E-state index is -0.345. The molecule has 0 radical (unpaired) electrons. The number of carbonyl (C=O) groups is 2. The van der Waals surface area contributed by atoms with Gasteiger partial charge in [-0.2, -0.15) is 0 Å². The van der Waals surface area contributed by atoms with Crippen molar-refractivity contribution in [2.24, 2.45) is 11.8 Å². The number of benzene rings is 1. The fourth-order valence-corrected chi connectivity index (χ4v) is 4.10. The van der Waals surface area contributed by atoms with Gasteiger partial charge in [0.2, 0.25) is 0 Å². The number of hydrogen-bond acceptors (Lipinski definition) is 5. The second-order valence-corrected chi connectivity index (χ2v) is 9.72. The first-order valence-electron chi connectivity index (χ1n) is 11.7. The third-order valence-electron chi connectivity index (χ3n) is 6.12. The summed E-state index contributed by atoms with van der Waals surface area (Å²) in [5.41, 5.74) is 0.865. The molecule has 0 bridgehead atoms. The average molecular weight is 447 g/mol. The number of para-hydroxylation sites is 1. The van der Waals surface area contributed by atoms with Crippen molar-refractivity contribution in [3.05, 3.63) is 23.8 Å². The van der Waals surface area contributed by atoms with E-state index in [-0.39, 0.29) is 42.7 Å². The molecule has 1 aliphatic carbocycles. The van der Waals surface area contributed by atoms with Gasteiger partial charge in [-0.3, -0.25) is 4.79 Å². The molecule has 1 aromatic rings. The molecule has 3 rings (SSSR count). The van der Waals surface area contributed by atoms with Gasteiger partial charge in [-0.15, -0.1) is 0 Å². The SMILES string of the molecule is CC(C)NC(=O)Nc1cccc2c1O[C@@H](CN(C)CC1CC1)[C@H](C)CN([C@H](C)CO)C2=O. The number of hydrogen-bond donors (Lipinski definition) is 3. The molecule has 1 heterocycles. The van der Waals surface area contributed by atoms with Gasteiger partial charge in [0.25, 0.3) is 5.91 Å². The normalized spacial score (nSPS) is 22.1. The molecule has 2 aliphatic rings. The van der Waals surface area contributed by atoms with Crippen LogP contribution < -0.4 is 15.4 Å². The summed E-state index contributed by atoms with van der Waals surface area (Å²) in [6.07, 6.45) is 2.39. The largest absolute Gasteiger partial charge is 0.486 e. The fourth-order valence-electron chi connectivity index (χ4n) is 4.10. The lowest BCUT2D eigenvalue weighted by Crippen LogP contribution is -2.50. The third-order valence-corrected chi connectivity index (χ3v) is 6.12. The number of likely N-dealkylation sites (N-methyl/N-ethyl adjacent to an activating group) is 1. The third kappa shape index (κ3) is 6.13. The van der Waals surface area contributed by atoms with Crippen LogP contribution in [-0.4, -0.2) is 78.3 Å². The van der Waals surface area contributed by atoms with Crippen LogP contribution in [0.2, 0.25) is 0 Å².